The molecule has 20 heavy (non-hydrogen) atoms. The van der Waals surface area contributed by atoms with Gasteiger partial charge in [-0.1, -0.05) is 6.07 Å². The van der Waals surface area contributed by atoms with Crippen LogP contribution in [0.15, 0.2) is 22.7 Å². The van der Waals surface area contributed by atoms with E-state index in [4.69, 9.17) is 15.2 Å². The van der Waals surface area contributed by atoms with E-state index in [1.165, 1.54) is 25.3 Å². The number of nitrogens with two attached hydrogens (primary N) is 1. The Morgan fingerprint density at radius 2 is 1.95 bits per heavy atom. The van der Waals surface area contributed by atoms with E-state index in [0.717, 1.165) is 0 Å². The van der Waals surface area contributed by atoms with Crippen LogP contribution in [-0.4, -0.2) is 32.7 Å². The molecule has 8 heteroatoms. The lowest BCUT2D eigenvalue weighted by atomic mass is 10.0. The highest BCUT2D eigenvalue weighted by molar-refractivity contribution is 9.10. The molecular formula is C12H14BrF4NO2. The Hall–Kier alpha value is -0.860. The van der Waals surface area contributed by atoms with E-state index < -0.39 is 18.4 Å². The second kappa shape index (κ2) is 7.24. The lowest BCUT2D eigenvalue weighted by Gasteiger charge is -2.23. The fourth-order valence-electron chi connectivity index (χ4n) is 1.42. The molecule has 0 spiro atoms. The largest absolute Gasteiger partial charge is 0.490 e. The number of alkyl halides is 4. The molecule has 0 saturated heterocycles. The molecular weight excluding hydrogens is 346 g/mol. The van der Waals surface area contributed by atoms with E-state index in [2.05, 4.69) is 15.9 Å². The molecule has 0 bridgehead atoms. The van der Waals surface area contributed by atoms with Gasteiger partial charge < -0.3 is 15.2 Å². The van der Waals surface area contributed by atoms with Gasteiger partial charge in [-0.25, -0.2) is 8.78 Å². The molecule has 0 aliphatic rings. The summed E-state index contributed by atoms with van der Waals surface area (Å²) in [6.07, 6.45) is -3.83. The topological polar surface area (TPSA) is 44.5 Å². The molecule has 1 unspecified atom stereocenters. The Labute approximate surface area is 122 Å². The summed E-state index contributed by atoms with van der Waals surface area (Å²) in [4.78, 5) is 0. The van der Waals surface area contributed by atoms with Crippen LogP contribution in [0.25, 0.3) is 0 Å². The van der Waals surface area contributed by atoms with Gasteiger partial charge in [-0.15, -0.1) is 0 Å². The summed E-state index contributed by atoms with van der Waals surface area (Å²) in [6, 6.07) is 1.76. The van der Waals surface area contributed by atoms with Crippen molar-refractivity contribution >= 4 is 15.9 Å². The van der Waals surface area contributed by atoms with E-state index in [0.29, 0.717) is 16.8 Å². The van der Waals surface area contributed by atoms with Crippen LogP contribution < -0.4 is 10.5 Å². The van der Waals surface area contributed by atoms with Gasteiger partial charge in [0.25, 0.3) is 0 Å². The van der Waals surface area contributed by atoms with E-state index in [1.54, 1.807) is 0 Å². The zero-order valence-electron chi connectivity index (χ0n) is 10.6. The van der Waals surface area contributed by atoms with Gasteiger partial charge in [0.05, 0.1) is 11.1 Å². The molecule has 0 saturated carbocycles. The van der Waals surface area contributed by atoms with E-state index in [-0.39, 0.29) is 12.2 Å². The van der Waals surface area contributed by atoms with Crippen molar-refractivity contribution in [3.8, 4) is 5.75 Å². The molecule has 1 rings (SSSR count). The number of benzene rings is 1. The molecule has 0 aliphatic heterocycles. The van der Waals surface area contributed by atoms with Crippen LogP contribution in [0, 0.1) is 0 Å². The SMILES string of the molecule is COCCOc1ccc(C(N)C(F)(F)C(F)F)cc1Br. The second-order valence-corrected chi connectivity index (χ2v) is 4.84. The Balaban J connectivity index is 2.86. The number of rotatable bonds is 7. The number of ether oxygens (including phenoxy) is 2. The molecule has 3 nitrogen and oxygen atoms in total. The number of methoxy groups -OCH3 is 1. The monoisotopic (exact) mass is 359 g/mol. The number of hydrogen-bond acceptors (Lipinski definition) is 3. The van der Waals surface area contributed by atoms with E-state index >= 15 is 0 Å². The first-order chi connectivity index (χ1) is 9.30. The Bertz CT molecular complexity index is 445. The van der Waals surface area contributed by atoms with Crippen molar-refractivity contribution in [2.45, 2.75) is 18.4 Å². The summed E-state index contributed by atoms with van der Waals surface area (Å²) >= 11 is 3.12. The highest BCUT2D eigenvalue weighted by Gasteiger charge is 2.47. The third-order valence-corrected chi connectivity index (χ3v) is 3.19. The minimum absolute atomic E-state index is 0.110. The molecule has 0 amide bonds. The summed E-state index contributed by atoms with van der Waals surface area (Å²) in [5, 5.41) is 0. The van der Waals surface area contributed by atoms with Gasteiger partial charge in [0, 0.05) is 7.11 Å². The first-order valence-corrected chi connectivity index (χ1v) is 6.42. The normalized spacial score (nSPS) is 13.6. The van der Waals surface area contributed by atoms with Crippen molar-refractivity contribution in [3.63, 3.8) is 0 Å². The first kappa shape index (κ1) is 17.2. The highest BCUT2D eigenvalue weighted by atomic mass is 79.9. The van der Waals surface area contributed by atoms with Gasteiger partial charge >= 0.3 is 12.3 Å². The molecule has 114 valence electrons. The molecule has 1 aromatic rings. The minimum Gasteiger partial charge on any atom is -0.490 e. The lowest BCUT2D eigenvalue weighted by Crippen LogP contribution is -2.39. The quantitative estimate of drug-likeness (QED) is 0.599. The zero-order valence-corrected chi connectivity index (χ0v) is 12.2. The third-order valence-electron chi connectivity index (χ3n) is 2.57. The summed E-state index contributed by atoms with van der Waals surface area (Å²) in [7, 11) is 1.51. The molecule has 1 aromatic carbocycles. The minimum atomic E-state index is -4.29. The molecule has 0 aliphatic carbocycles. The Morgan fingerprint density at radius 3 is 2.45 bits per heavy atom. The average molecular weight is 360 g/mol. The molecule has 0 fully saturated rings. The maximum atomic E-state index is 13.2. The Morgan fingerprint density at radius 1 is 1.30 bits per heavy atom. The van der Waals surface area contributed by atoms with Gasteiger partial charge in [0.2, 0.25) is 0 Å². The molecule has 0 heterocycles. The van der Waals surface area contributed by atoms with Crippen LogP contribution in [0.5, 0.6) is 5.75 Å². The fraction of sp³-hybridized carbons (Fsp3) is 0.500. The molecule has 1 atom stereocenters. The predicted molar refractivity (Wildman–Crippen MR) is 69.4 cm³/mol. The molecule has 2 N–H and O–H groups in total. The Kier molecular flexibility index (Phi) is 6.22. The van der Waals surface area contributed by atoms with Crippen molar-refractivity contribution in [1.82, 2.24) is 0 Å². The van der Waals surface area contributed by atoms with E-state index in [1.807, 2.05) is 0 Å². The highest BCUT2D eigenvalue weighted by Crippen LogP contribution is 2.37. The van der Waals surface area contributed by atoms with Crippen LogP contribution in [-0.2, 0) is 4.74 Å². The van der Waals surface area contributed by atoms with Crippen LogP contribution in [0.1, 0.15) is 11.6 Å². The maximum absolute atomic E-state index is 13.2. The smallest absolute Gasteiger partial charge is 0.326 e. The van der Waals surface area contributed by atoms with Crippen molar-refractivity contribution in [2.75, 3.05) is 20.3 Å². The van der Waals surface area contributed by atoms with Crippen molar-refractivity contribution < 1.29 is 27.0 Å². The summed E-state index contributed by atoms with van der Waals surface area (Å²) in [6.45, 7) is 0.630. The predicted octanol–water partition coefficient (Wildman–Crippen LogP) is 3.37. The molecule has 0 aromatic heterocycles. The van der Waals surface area contributed by atoms with Gasteiger partial charge in [-0.05, 0) is 33.6 Å². The zero-order chi connectivity index (χ0) is 15.3. The van der Waals surface area contributed by atoms with Gasteiger partial charge in [0.1, 0.15) is 18.4 Å². The van der Waals surface area contributed by atoms with Gasteiger partial charge in [0.15, 0.2) is 0 Å². The van der Waals surface area contributed by atoms with Crippen LogP contribution in [0.3, 0.4) is 0 Å². The van der Waals surface area contributed by atoms with Crippen molar-refractivity contribution in [3.05, 3.63) is 28.2 Å². The summed E-state index contributed by atoms with van der Waals surface area (Å²) in [5.41, 5.74) is 5.09. The average Bonchev–Trinajstić information content (AvgIpc) is 2.39. The number of hydrogen-bond donors (Lipinski definition) is 1. The van der Waals surface area contributed by atoms with E-state index in [9.17, 15) is 17.6 Å². The lowest BCUT2D eigenvalue weighted by molar-refractivity contribution is -0.144. The molecule has 0 radical (unpaired) electrons. The van der Waals surface area contributed by atoms with Crippen molar-refractivity contribution in [1.29, 1.82) is 0 Å². The maximum Gasteiger partial charge on any atom is 0.326 e. The van der Waals surface area contributed by atoms with Crippen molar-refractivity contribution in [2.24, 2.45) is 5.73 Å². The van der Waals surface area contributed by atoms with Crippen LogP contribution >= 0.6 is 15.9 Å². The van der Waals surface area contributed by atoms with Crippen LogP contribution in [0.4, 0.5) is 17.6 Å². The summed E-state index contributed by atoms with van der Waals surface area (Å²) < 4.78 is 61.3. The third kappa shape index (κ3) is 4.07. The first-order valence-electron chi connectivity index (χ1n) is 5.63. The summed E-state index contributed by atoms with van der Waals surface area (Å²) in [5.74, 6) is -3.91. The number of halogens is 5. The standard InChI is InChI=1S/C12H14BrF4NO2/c1-19-4-5-20-9-3-2-7(6-8(9)13)10(18)12(16,17)11(14)15/h2-3,6,10-11H,4-5,18H2,1H3. The van der Waals surface area contributed by atoms with Gasteiger partial charge in [-0.2, -0.15) is 8.78 Å². The van der Waals surface area contributed by atoms with Gasteiger partial charge in [-0.3, -0.25) is 0 Å². The van der Waals surface area contributed by atoms with Crippen LogP contribution in [0.2, 0.25) is 0 Å². The second-order valence-electron chi connectivity index (χ2n) is 3.98. The fourth-order valence-corrected chi connectivity index (χ4v) is 1.93.